The van der Waals surface area contributed by atoms with E-state index in [1.54, 1.807) is 14.2 Å². The predicted octanol–water partition coefficient (Wildman–Crippen LogP) is 3.14. The SMILES string of the molecule is COc1ccc(-c2nccn2CC2CCCCO2)cc1OC. The number of aromatic nitrogens is 2. The fourth-order valence-corrected chi connectivity index (χ4v) is 2.86. The summed E-state index contributed by atoms with van der Waals surface area (Å²) in [5.41, 5.74) is 1.01. The summed E-state index contributed by atoms with van der Waals surface area (Å²) in [6.07, 6.45) is 7.64. The number of hydrogen-bond acceptors (Lipinski definition) is 4. The smallest absolute Gasteiger partial charge is 0.161 e. The molecule has 1 saturated heterocycles. The van der Waals surface area contributed by atoms with Gasteiger partial charge in [0, 0.05) is 24.6 Å². The van der Waals surface area contributed by atoms with Crippen LogP contribution in [0.5, 0.6) is 11.5 Å². The molecule has 0 amide bonds. The summed E-state index contributed by atoms with van der Waals surface area (Å²) in [5, 5.41) is 0. The van der Waals surface area contributed by atoms with E-state index < -0.39 is 0 Å². The van der Waals surface area contributed by atoms with Gasteiger partial charge in [0.25, 0.3) is 0 Å². The number of benzene rings is 1. The van der Waals surface area contributed by atoms with Gasteiger partial charge in [0.05, 0.1) is 26.9 Å². The van der Waals surface area contributed by atoms with Crippen molar-refractivity contribution in [3.63, 3.8) is 0 Å². The van der Waals surface area contributed by atoms with Crippen LogP contribution in [0, 0.1) is 0 Å². The van der Waals surface area contributed by atoms with Crippen molar-refractivity contribution in [2.45, 2.75) is 31.9 Å². The lowest BCUT2D eigenvalue weighted by Gasteiger charge is -2.23. The molecule has 5 nitrogen and oxygen atoms in total. The first-order valence-corrected chi connectivity index (χ1v) is 7.67. The van der Waals surface area contributed by atoms with Gasteiger partial charge in [-0.1, -0.05) is 0 Å². The van der Waals surface area contributed by atoms with Crippen molar-refractivity contribution in [3.8, 4) is 22.9 Å². The normalized spacial score (nSPS) is 18.2. The van der Waals surface area contributed by atoms with Gasteiger partial charge in [-0.25, -0.2) is 4.98 Å². The largest absolute Gasteiger partial charge is 0.493 e. The maximum absolute atomic E-state index is 5.83. The third kappa shape index (κ3) is 3.09. The first kappa shape index (κ1) is 14.9. The molecular formula is C17H22N2O3. The number of ether oxygens (including phenoxy) is 3. The van der Waals surface area contributed by atoms with Crippen LogP contribution < -0.4 is 9.47 Å². The Morgan fingerprint density at radius 2 is 2.09 bits per heavy atom. The second kappa shape index (κ2) is 6.83. The molecule has 0 N–H and O–H groups in total. The molecule has 0 saturated carbocycles. The van der Waals surface area contributed by atoms with Gasteiger partial charge in [0.1, 0.15) is 5.82 Å². The van der Waals surface area contributed by atoms with Gasteiger partial charge in [-0.05, 0) is 37.5 Å². The molecule has 0 radical (unpaired) electrons. The fraction of sp³-hybridized carbons (Fsp3) is 0.471. The van der Waals surface area contributed by atoms with Crippen molar-refractivity contribution < 1.29 is 14.2 Å². The Morgan fingerprint density at radius 1 is 1.23 bits per heavy atom. The Hall–Kier alpha value is -2.01. The lowest BCUT2D eigenvalue weighted by atomic mass is 10.1. The van der Waals surface area contributed by atoms with Crippen LogP contribution in [0.3, 0.4) is 0 Å². The van der Waals surface area contributed by atoms with E-state index in [0.717, 1.165) is 36.7 Å². The molecule has 5 heteroatoms. The third-order valence-electron chi connectivity index (χ3n) is 4.03. The Kier molecular flexibility index (Phi) is 4.63. The molecule has 0 bridgehead atoms. The first-order valence-electron chi connectivity index (χ1n) is 7.67. The van der Waals surface area contributed by atoms with Gasteiger partial charge in [0.2, 0.25) is 0 Å². The zero-order valence-corrected chi connectivity index (χ0v) is 13.1. The minimum atomic E-state index is 0.279. The molecule has 1 unspecified atom stereocenters. The van der Waals surface area contributed by atoms with Crippen molar-refractivity contribution >= 4 is 0 Å². The Labute approximate surface area is 130 Å². The quantitative estimate of drug-likeness (QED) is 0.851. The standard InChI is InChI=1S/C17H22N2O3/c1-20-15-7-6-13(11-16(15)21-2)17-18-8-9-19(17)12-14-5-3-4-10-22-14/h6-9,11,14H,3-5,10,12H2,1-2H3. The fourth-order valence-electron chi connectivity index (χ4n) is 2.86. The molecule has 1 aliphatic rings. The second-order valence-corrected chi connectivity index (χ2v) is 5.46. The minimum absolute atomic E-state index is 0.279. The third-order valence-corrected chi connectivity index (χ3v) is 4.03. The first-order chi connectivity index (χ1) is 10.8. The van der Waals surface area contributed by atoms with Gasteiger partial charge >= 0.3 is 0 Å². The molecule has 1 atom stereocenters. The summed E-state index contributed by atoms with van der Waals surface area (Å²) in [4.78, 5) is 4.49. The van der Waals surface area contributed by atoms with Gasteiger partial charge in [-0.2, -0.15) is 0 Å². The zero-order chi connectivity index (χ0) is 15.4. The van der Waals surface area contributed by atoms with Crippen LogP contribution in [0.2, 0.25) is 0 Å². The molecule has 1 fully saturated rings. The van der Waals surface area contributed by atoms with Crippen molar-refractivity contribution in [1.82, 2.24) is 9.55 Å². The molecule has 2 aromatic rings. The number of methoxy groups -OCH3 is 2. The van der Waals surface area contributed by atoms with Crippen molar-refractivity contribution in [3.05, 3.63) is 30.6 Å². The highest BCUT2D eigenvalue weighted by molar-refractivity contribution is 5.61. The van der Waals surface area contributed by atoms with Crippen LogP contribution in [0.25, 0.3) is 11.4 Å². The van der Waals surface area contributed by atoms with E-state index in [1.165, 1.54) is 12.8 Å². The molecule has 1 aromatic heterocycles. The summed E-state index contributed by atoms with van der Waals surface area (Å²) in [6.45, 7) is 1.70. The molecule has 1 aromatic carbocycles. The van der Waals surface area contributed by atoms with Crippen LogP contribution in [0.1, 0.15) is 19.3 Å². The van der Waals surface area contributed by atoms with Crippen molar-refractivity contribution in [2.75, 3.05) is 20.8 Å². The molecular weight excluding hydrogens is 280 g/mol. The van der Waals surface area contributed by atoms with Crippen molar-refractivity contribution in [1.29, 1.82) is 0 Å². The molecule has 2 heterocycles. The van der Waals surface area contributed by atoms with Crippen LogP contribution in [0.4, 0.5) is 0 Å². The highest BCUT2D eigenvalue weighted by Gasteiger charge is 2.17. The van der Waals surface area contributed by atoms with Crippen LogP contribution in [0.15, 0.2) is 30.6 Å². The van der Waals surface area contributed by atoms with Gasteiger partial charge in [0.15, 0.2) is 11.5 Å². The second-order valence-electron chi connectivity index (χ2n) is 5.46. The molecule has 1 aliphatic heterocycles. The van der Waals surface area contributed by atoms with Crippen LogP contribution in [-0.4, -0.2) is 36.5 Å². The predicted molar refractivity (Wildman–Crippen MR) is 84.4 cm³/mol. The van der Waals surface area contributed by atoms with Crippen LogP contribution in [-0.2, 0) is 11.3 Å². The van der Waals surface area contributed by atoms with E-state index in [2.05, 4.69) is 9.55 Å². The van der Waals surface area contributed by atoms with E-state index in [0.29, 0.717) is 5.75 Å². The molecule has 22 heavy (non-hydrogen) atoms. The summed E-state index contributed by atoms with van der Waals surface area (Å²) in [7, 11) is 3.28. The maximum atomic E-state index is 5.83. The Bertz CT molecular complexity index is 618. The summed E-state index contributed by atoms with van der Waals surface area (Å²) >= 11 is 0. The monoisotopic (exact) mass is 302 g/mol. The van der Waals surface area contributed by atoms with Gasteiger partial charge in [-0.3, -0.25) is 0 Å². The minimum Gasteiger partial charge on any atom is -0.493 e. The molecule has 0 spiro atoms. The highest BCUT2D eigenvalue weighted by atomic mass is 16.5. The number of nitrogens with zero attached hydrogens (tertiary/aromatic N) is 2. The topological polar surface area (TPSA) is 45.5 Å². The zero-order valence-electron chi connectivity index (χ0n) is 13.1. The summed E-state index contributed by atoms with van der Waals surface area (Å²) in [6, 6.07) is 5.87. The maximum Gasteiger partial charge on any atom is 0.161 e. The van der Waals surface area contributed by atoms with Crippen molar-refractivity contribution in [2.24, 2.45) is 0 Å². The number of rotatable bonds is 5. The lowest BCUT2D eigenvalue weighted by Crippen LogP contribution is -2.24. The van der Waals surface area contributed by atoms with E-state index in [1.807, 2.05) is 30.6 Å². The average Bonchev–Trinajstić information content (AvgIpc) is 3.03. The Morgan fingerprint density at radius 3 is 2.82 bits per heavy atom. The summed E-state index contributed by atoms with van der Waals surface area (Å²) < 4.78 is 18.6. The molecule has 0 aliphatic carbocycles. The van der Waals surface area contributed by atoms with E-state index in [-0.39, 0.29) is 6.10 Å². The summed E-state index contributed by atoms with van der Waals surface area (Å²) in [5.74, 6) is 2.36. The number of hydrogen-bond donors (Lipinski definition) is 0. The van der Waals surface area contributed by atoms with E-state index in [4.69, 9.17) is 14.2 Å². The molecule has 118 valence electrons. The molecule has 3 rings (SSSR count). The van der Waals surface area contributed by atoms with E-state index in [9.17, 15) is 0 Å². The van der Waals surface area contributed by atoms with Gasteiger partial charge < -0.3 is 18.8 Å². The Balaban J connectivity index is 1.84. The van der Waals surface area contributed by atoms with Crippen LogP contribution >= 0.6 is 0 Å². The highest BCUT2D eigenvalue weighted by Crippen LogP contribution is 2.32. The van der Waals surface area contributed by atoms with Gasteiger partial charge in [-0.15, -0.1) is 0 Å². The van der Waals surface area contributed by atoms with E-state index >= 15 is 0 Å². The number of imidazole rings is 1. The average molecular weight is 302 g/mol. The lowest BCUT2D eigenvalue weighted by molar-refractivity contribution is 0.00624.